The molecule has 1 N–H and O–H groups in total. The van der Waals surface area contributed by atoms with Crippen molar-refractivity contribution in [2.75, 3.05) is 5.32 Å². The molecule has 2 aromatic carbocycles. The van der Waals surface area contributed by atoms with Gasteiger partial charge in [-0.15, -0.1) is 0 Å². The number of aryl methyl sites for hydroxylation is 1. The number of anilines is 1. The Kier molecular flexibility index (Phi) is 4.59. The zero-order valence-corrected chi connectivity index (χ0v) is 12.4. The van der Waals surface area contributed by atoms with Gasteiger partial charge in [-0.1, -0.05) is 30.3 Å². The van der Waals surface area contributed by atoms with Crippen LogP contribution in [0, 0.1) is 17.1 Å². The zero-order chi connectivity index (χ0) is 15.3. The van der Waals surface area contributed by atoms with Crippen LogP contribution in [-0.2, 0) is 6.42 Å². The van der Waals surface area contributed by atoms with E-state index in [1.54, 1.807) is 12.1 Å². The lowest BCUT2D eigenvalue weighted by atomic mass is 9.95. The fourth-order valence-electron chi connectivity index (χ4n) is 2.21. The minimum absolute atomic E-state index is 0.231. The van der Waals surface area contributed by atoms with Gasteiger partial charge in [0.15, 0.2) is 0 Å². The van der Waals surface area contributed by atoms with E-state index in [1.807, 2.05) is 38.1 Å². The molecule has 2 rings (SSSR count). The monoisotopic (exact) mass is 282 g/mol. The van der Waals surface area contributed by atoms with Gasteiger partial charge in [0.1, 0.15) is 5.82 Å². The second-order valence-electron chi connectivity index (χ2n) is 5.80. The van der Waals surface area contributed by atoms with Crippen LogP contribution < -0.4 is 5.32 Å². The van der Waals surface area contributed by atoms with Gasteiger partial charge in [-0.25, -0.2) is 4.39 Å². The summed E-state index contributed by atoms with van der Waals surface area (Å²) < 4.78 is 13.9. The predicted molar refractivity (Wildman–Crippen MR) is 83.6 cm³/mol. The van der Waals surface area contributed by atoms with Crippen LogP contribution in [0.25, 0.3) is 0 Å². The molecule has 0 amide bonds. The molecule has 2 aromatic rings. The third kappa shape index (κ3) is 4.32. The molecule has 0 unspecified atom stereocenters. The molecule has 0 bridgehead atoms. The van der Waals surface area contributed by atoms with Gasteiger partial charge >= 0.3 is 0 Å². The summed E-state index contributed by atoms with van der Waals surface area (Å²) in [4.78, 5) is 0. The van der Waals surface area contributed by atoms with E-state index in [2.05, 4.69) is 17.4 Å². The van der Waals surface area contributed by atoms with Crippen molar-refractivity contribution in [3.05, 3.63) is 65.5 Å². The first-order valence-electron chi connectivity index (χ1n) is 7.02. The number of nitriles is 1. The Morgan fingerprint density at radius 1 is 1.14 bits per heavy atom. The minimum atomic E-state index is -0.387. The highest BCUT2D eigenvalue weighted by Gasteiger charge is 2.19. The van der Waals surface area contributed by atoms with Crippen molar-refractivity contribution < 1.29 is 4.39 Å². The zero-order valence-electron chi connectivity index (χ0n) is 12.4. The van der Waals surface area contributed by atoms with Gasteiger partial charge in [0.05, 0.1) is 17.3 Å². The van der Waals surface area contributed by atoms with Crippen LogP contribution in [0.15, 0.2) is 48.5 Å². The first kappa shape index (κ1) is 15.1. The van der Waals surface area contributed by atoms with Gasteiger partial charge in [-0.2, -0.15) is 5.26 Å². The Hall–Kier alpha value is -2.34. The van der Waals surface area contributed by atoms with Crippen molar-refractivity contribution in [2.45, 2.75) is 32.2 Å². The van der Waals surface area contributed by atoms with Crippen LogP contribution in [0.2, 0.25) is 0 Å². The van der Waals surface area contributed by atoms with E-state index in [1.165, 1.54) is 11.6 Å². The van der Waals surface area contributed by atoms with Gasteiger partial charge in [0.25, 0.3) is 0 Å². The second-order valence-corrected chi connectivity index (χ2v) is 5.80. The van der Waals surface area contributed by atoms with Gasteiger partial charge < -0.3 is 5.32 Å². The molecular formula is C18H19FN2. The van der Waals surface area contributed by atoms with Crippen LogP contribution in [0.4, 0.5) is 10.1 Å². The molecule has 108 valence electrons. The van der Waals surface area contributed by atoms with Crippen molar-refractivity contribution in [3.8, 4) is 6.07 Å². The van der Waals surface area contributed by atoms with Crippen LogP contribution in [0.3, 0.4) is 0 Å². The van der Waals surface area contributed by atoms with Crippen molar-refractivity contribution in [2.24, 2.45) is 0 Å². The number of halogens is 1. The van der Waals surface area contributed by atoms with Crippen molar-refractivity contribution in [1.29, 1.82) is 5.26 Å². The summed E-state index contributed by atoms with van der Waals surface area (Å²) in [6.07, 6.45) is 1.81. The molecule has 2 nitrogen and oxygen atoms in total. The molecule has 0 heterocycles. The summed E-state index contributed by atoms with van der Waals surface area (Å²) >= 11 is 0. The summed E-state index contributed by atoms with van der Waals surface area (Å²) in [5.74, 6) is -0.387. The van der Waals surface area contributed by atoms with E-state index in [-0.39, 0.29) is 11.4 Å². The minimum Gasteiger partial charge on any atom is -0.378 e. The van der Waals surface area contributed by atoms with E-state index in [0.29, 0.717) is 11.3 Å². The average Bonchev–Trinajstić information content (AvgIpc) is 2.48. The maximum absolute atomic E-state index is 13.9. The highest BCUT2D eigenvalue weighted by Crippen LogP contribution is 2.23. The lowest BCUT2D eigenvalue weighted by molar-refractivity contribution is 0.512. The summed E-state index contributed by atoms with van der Waals surface area (Å²) in [5, 5.41) is 12.0. The quantitative estimate of drug-likeness (QED) is 0.875. The molecule has 3 heteroatoms. The lowest BCUT2D eigenvalue weighted by Crippen LogP contribution is -2.31. The number of nitrogens with one attached hydrogen (secondary N) is 1. The molecular weight excluding hydrogens is 263 g/mol. The third-order valence-electron chi connectivity index (χ3n) is 3.45. The maximum Gasteiger partial charge on any atom is 0.147 e. The van der Waals surface area contributed by atoms with E-state index in [9.17, 15) is 4.39 Å². The third-order valence-corrected chi connectivity index (χ3v) is 3.45. The van der Waals surface area contributed by atoms with E-state index < -0.39 is 0 Å². The molecule has 0 radical (unpaired) electrons. The van der Waals surface area contributed by atoms with Crippen LogP contribution in [0.1, 0.15) is 31.4 Å². The first-order valence-corrected chi connectivity index (χ1v) is 7.02. The Bertz CT molecular complexity index is 642. The SMILES string of the molecule is CC(C)(CCc1ccccc1)Nc1ccc(C#N)cc1F. The largest absolute Gasteiger partial charge is 0.378 e. The summed E-state index contributed by atoms with van der Waals surface area (Å²) in [7, 11) is 0. The Morgan fingerprint density at radius 3 is 2.48 bits per heavy atom. The normalized spacial score (nSPS) is 11.0. The number of benzene rings is 2. The van der Waals surface area contributed by atoms with Crippen LogP contribution in [0.5, 0.6) is 0 Å². The highest BCUT2D eigenvalue weighted by atomic mass is 19.1. The van der Waals surface area contributed by atoms with Crippen LogP contribution >= 0.6 is 0 Å². The first-order chi connectivity index (χ1) is 10.00. The summed E-state index contributed by atoms with van der Waals surface area (Å²) in [6, 6.07) is 16.7. The Labute approximate surface area is 125 Å². The average molecular weight is 282 g/mol. The van der Waals surface area contributed by atoms with Crippen LogP contribution in [-0.4, -0.2) is 5.54 Å². The van der Waals surface area contributed by atoms with Crippen molar-refractivity contribution in [1.82, 2.24) is 0 Å². The highest BCUT2D eigenvalue weighted by molar-refractivity contribution is 5.50. The van der Waals surface area contributed by atoms with Gasteiger partial charge in [0, 0.05) is 5.54 Å². The topological polar surface area (TPSA) is 35.8 Å². The van der Waals surface area contributed by atoms with E-state index in [4.69, 9.17) is 5.26 Å². The number of hydrogen-bond acceptors (Lipinski definition) is 2. The van der Waals surface area contributed by atoms with Crippen molar-refractivity contribution in [3.63, 3.8) is 0 Å². The lowest BCUT2D eigenvalue weighted by Gasteiger charge is -2.28. The molecule has 0 aliphatic rings. The van der Waals surface area contributed by atoms with Gasteiger partial charge in [-0.3, -0.25) is 0 Å². The van der Waals surface area contributed by atoms with Gasteiger partial charge in [0.2, 0.25) is 0 Å². The molecule has 0 spiro atoms. The molecule has 0 fully saturated rings. The molecule has 0 aliphatic heterocycles. The number of nitrogens with zero attached hydrogens (tertiary/aromatic N) is 1. The van der Waals surface area contributed by atoms with E-state index in [0.717, 1.165) is 12.8 Å². The molecule has 0 saturated carbocycles. The summed E-state index contributed by atoms with van der Waals surface area (Å²) in [6.45, 7) is 4.10. The number of rotatable bonds is 5. The molecule has 0 saturated heterocycles. The molecule has 21 heavy (non-hydrogen) atoms. The number of hydrogen-bond donors (Lipinski definition) is 1. The standard InChI is InChI=1S/C18H19FN2/c1-18(2,11-10-14-6-4-3-5-7-14)21-17-9-8-15(13-20)12-16(17)19/h3-9,12,21H,10-11H2,1-2H3. The summed E-state index contributed by atoms with van der Waals surface area (Å²) in [5.41, 5.74) is 1.81. The fraction of sp³-hybridized carbons (Fsp3) is 0.278. The molecule has 0 atom stereocenters. The fourth-order valence-corrected chi connectivity index (χ4v) is 2.21. The smallest absolute Gasteiger partial charge is 0.147 e. The van der Waals surface area contributed by atoms with E-state index >= 15 is 0 Å². The van der Waals surface area contributed by atoms with Crippen molar-refractivity contribution >= 4 is 5.69 Å². The molecule has 0 aromatic heterocycles. The Balaban J connectivity index is 2.02. The maximum atomic E-state index is 13.9. The second kappa shape index (κ2) is 6.41. The Morgan fingerprint density at radius 2 is 1.86 bits per heavy atom. The van der Waals surface area contributed by atoms with Gasteiger partial charge in [-0.05, 0) is 50.5 Å². The predicted octanol–water partition coefficient (Wildman–Crippen LogP) is 4.52. The molecule has 0 aliphatic carbocycles.